The van der Waals surface area contributed by atoms with Crippen LogP contribution in [0.2, 0.25) is 0 Å². The van der Waals surface area contributed by atoms with E-state index in [1.807, 2.05) is 35.9 Å². The Kier molecular flexibility index (Phi) is 5.63. The standard InChI is InChI=1S/C16H16F2N2O3S/c1-11-5-7-12(8-6-11)9-19-15(21)10-20-24(22,23)16-13(17)3-2-4-14(16)18/h2-8,20H,9-10H2,1H3,(H,19,21). The van der Waals surface area contributed by atoms with E-state index in [0.29, 0.717) is 0 Å². The molecular formula is C16H16F2N2O3S. The van der Waals surface area contributed by atoms with Gasteiger partial charge in [-0.05, 0) is 24.6 Å². The van der Waals surface area contributed by atoms with E-state index in [0.717, 1.165) is 29.3 Å². The van der Waals surface area contributed by atoms with Crippen LogP contribution in [-0.2, 0) is 21.4 Å². The number of hydrogen-bond acceptors (Lipinski definition) is 3. The van der Waals surface area contributed by atoms with E-state index in [9.17, 15) is 22.0 Å². The minimum Gasteiger partial charge on any atom is -0.351 e. The van der Waals surface area contributed by atoms with E-state index in [-0.39, 0.29) is 6.54 Å². The normalized spacial score (nSPS) is 11.3. The Morgan fingerprint density at radius 3 is 2.21 bits per heavy atom. The van der Waals surface area contributed by atoms with Crippen LogP contribution >= 0.6 is 0 Å². The lowest BCUT2D eigenvalue weighted by Crippen LogP contribution is -2.37. The molecule has 5 nitrogen and oxygen atoms in total. The van der Waals surface area contributed by atoms with E-state index in [1.165, 1.54) is 0 Å². The Bertz CT molecular complexity index is 817. The van der Waals surface area contributed by atoms with Gasteiger partial charge in [-0.15, -0.1) is 0 Å². The summed E-state index contributed by atoms with van der Waals surface area (Å²) in [7, 11) is -4.47. The molecule has 24 heavy (non-hydrogen) atoms. The first kappa shape index (κ1) is 18.0. The summed E-state index contributed by atoms with van der Waals surface area (Å²) in [6.07, 6.45) is 0. The number of aryl methyl sites for hydroxylation is 1. The third-order valence-electron chi connectivity index (χ3n) is 3.22. The molecule has 2 aromatic rings. The molecule has 2 aromatic carbocycles. The van der Waals surface area contributed by atoms with Crippen molar-refractivity contribution in [2.24, 2.45) is 0 Å². The van der Waals surface area contributed by atoms with Crippen molar-refractivity contribution in [3.8, 4) is 0 Å². The Labute approximate surface area is 138 Å². The molecule has 0 atom stereocenters. The van der Waals surface area contributed by atoms with Gasteiger partial charge in [-0.2, -0.15) is 0 Å². The van der Waals surface area contributed by atoms with E-state index < -0.39 is 39.0 Å². The van der Waals surface area contributed by atoms with Crippen molar-refractivity contribution in [1.29, 1.82) is 0 Å². The van der Waals surface area contributed by atoms with E-state index in [4.69, 9.17) is 0 Å². The Hall–Kier alpha value is -2.32. The van der Waals surface area contributed by atoms with Crippen LogP contribution in [0, 0.1) is 18.6 Å². The number of nitrogens with one attached hydrogen (secondary N) is 2. The Balaban J connectivity index is 1.94. The molecule has 0 saturated carbocycles. The first-order valence-electron chi connectivity index (χ1n) is 7.05. The number of rotatable bonds is 6. The fraction of sp³-hybridized carbons (Fsp3) is 0.188. The predicted molar refractivity (Wildman–Crippen MR) is 84.6 cm³/mol. The maximum Gasteiger partial charge on any atom is 0.246 e. The Morgan fingerprint density at radius 2 is 1.62 bits per heavy atom. The molecule has 0 bridgehead atoms. The second-order valence-electron chi connectivity index (χ2n) is 5.14. The topological polar surface area (TPSA) is 75.3 Å². The quantitative estimate of drug-likeness (QED) is 0.832. The van der Waals surface area contributed by atoms with Crippen molar-refractivity contribution in [3.05, 3.63) is 65.2 Å². The van der Waals surface area contributed by atoms with Gasteiger partial charge in [0.1, 0.15) is 11.6 Å². The van der Waals surface area contributed by atoms with Gasteiger partial charge in [0.15, 0.2) is 4.90 Å². The summed E-state index contributed by atoms with van der Waals surface area (Å²) in [6, 6.07) is 10.1. The van der Waals surface area contributed by atoms with Crippen LogP contribution in [0.15, 0.2) is 47.4 Å². The summed E-state index contributed by atoms with van der Waals surface area (Å²) in [5, 5.41) is 2.52. The van der Waals surface area contributed by atoms with Crippen molar-refractivity contribution >= 4 is 15.9 Å². The molecule has 0 saturated heterocycles. The molecular weight excluding hydrogens is 338 g/mol. The average molecular weight is 354 g/mol. The van der Waals surface area contributed by atoms with Crippen LogP contribution in [0.4, 0.5) is 8.78 Å². The van der Waals surface area contributed by atoms with Gasteiger partial charge >= 0.3 is 0 Å². The number of amides is 1. The number of carbonyl (C=O) groups excluding carboxylic acids is 1. The highest BCUT2D eigenvalue weighted by Crippen LogP contribution is 2.17. The van der Waals surface area contributed by atoms with Gasteiger partial charge < -0.3 is 5.32 Å². The summed E-state index contributed by atoms with van der Waals surface area (Å²) in [5.74, 6) is -3.05. The number of carbonyl (C=O) groups is 1. The lowest BCUT2D eigenvalue weighted by Gasteiger charge is -2.09. The van der Waals surface area contributed by atoms with Gasteiger partial charge in [0.05, 0.1) is 6.54 Å². The van der Waals surface area contributed by atoms with Crippen LogP contribution in [0.25, 0.3) is 0 Å². The monoisotopic (exact) mass is 354 g/mol. The zero-order valence-electron chi connectivity index (χ0n) is 12.8. The van der Waals surface area contributed by atoms with Crippen LogP contribution < -0.4 is 10.0 Å². The molecule has 128 valence electrons. The largest absolute Gasteiger partial charge is 0.351 e. The summed E-state index contributed by atoms with van der Waals surface area (Å²) < 4.78 is 52.7. The number of benzene rings is 2. The predicted octanol–water partition coefficient (Wildman–Crippen LogP) is 1.87. The molecule has 0 heterocycles. The molecule has 8 heteroatoms. The fourth-order valence-electron chi connectivity index (χ4n) is 1.94. The molecule has 0 radical (unpaired) electrons. The molecule has 1 amide bonds. The average Bonchev–Trinajstić information content (AvgIpc) is 2.52. The zero-order chi connectivity index (χ0) is 17.7. The number of sulfonamides is 1. The van der Waals surface area contributed by atoms with Crippen molar-refractivity contribution in [2.75, 3.05) is 6.54 Å². The molecule has 0 aliphatic carbocycles. The highest BCUT2D eigenvalue weighted by molar-refractivity contribution is 7.89. The SMILES string of the molecule is Cc1ccc(CNC(=O)CNS(=O)(=O)c2c(F)cccc2F)cc1. The van der Waals surface area contributed by atoms with Gasteiger partial charge in [-0.1, -0.05) is 35.9 Å². The van der Waals surface area contributed by atoms with Gasteiger partial charge in [-0.3, -0.25) is 4.79 Å². The number of hydrogen-bond donors (Lipinski definition) is 2. The van der Waals surface area contributed by atoms with Crippen LogP contribution in [0.3, 0.4) is 0 Å². The third-order valence-corrected chi connectivity index (χ3v) is 4.67. The van der Waals surface area contributed by atoms with E-state index in [1.54, 1.807) is 0 Å². The van der Waals surface area contributed by atoms with Gasteiger partial charge in [0.2, 0.25) is 15.9 Å². The second kappa shape index (κ2) is 7.50. The lowest BCUT2D eigenvalue weighted by molar-refractivity contribution is -0.120. The number of halogens is 2. The highest BCUT2D eigenvalue weighted by Gasteiger charge is 2.24. The molecule has 0 aromatic heterocycles. The minimum absolute atomic E-state index is 0.217. The Morgan fingerprint density at radius 1 is 1.04 bits per heavy atom. The van der Waals surface area contributed by atoms with E-state index >= 15 is 0 Å². The molecule has 0 fully saturated rings. The van der Waals surface area contributed by atoms with Gasteiger partial charge in [-0.25, -0.2) is 21.9 Å². The molecule has 0 spiro atoms. The first-order valence-corrected chi connectivity index (χ1v) is 8.54. The highest BCUT2D eigenvalue weighted by atomic mass is 32.2. The van der Waals surface area contributed by atoms with Gasteiger partial charge in [0, 0.05) is 6.54 Å². The molecule has 0 aliphatic rings. The maximum atomic E-state index is 13.5. The summed E-state index contributed by atoms with van der Waals surface area (Å²) >= 11 is 0. The molecule has 2 N–H and O–H groups in total. The van der Waals surface area contributed by atoms with Crippen molar-refractivity contribution < 1.29 is 22.0 Å². The molecule has 0 aliphatic heterocycles. The maximum absolute atomic E-state index is 13.5. The van der Waals surface area contributed by atoms with Crippen LogP contribution in [-0.4, -0.2) is 20.9 Å². The lowest BCUT2D eigenvalue weighted by atomic mass is 10.1. The van der Waals surface area contributed by atoms with Crippen LogP contribution in [0.1, 0.15) is 11.1 Å². The van der Waals surface area contributed by atoms with Crippen molar-refractivity contribution in [1.82, 2.24) is 10.0 Å². The van der Waals surface area contributed by atoms with Crippen molar-refractivity contribution in [2.45, 2.75) is 18.4 Å². The fourth-order valence-corrected chi connectivity index (χ4v) is 3.06. The second-order valence-corrected chi connectivity index (χ2v) is 6.84. The third kappa shape index (κ3) is 4.59. The molecule has 2 rings (SSSR count). The van der Waals surface area contributed by atoms with Crippen LogP contribution in [0.5, 0.6) is 0 Å². The summed E-state index contributed by atoms with van der Waals surface area (Å²) in [6.45, 7) is 1.52. The van der Waals surface area contributed by atoms with E-state index in [2.05, 4.69) is 5.32 Å². The minimum atomic E-state index is -4.47. The first-order chi connectivity index (χ1) is 11.3. The zero-order valence-corrected chi connectivity index (χ0v) is 13.7. The van der Waals surface area contributed by atoms with Gasteiger partial charge in [0.25, 0.3) is 0 Å². The summed E-state index contributed by atoms with van der Waals surface area (Å²) in [4.78, 5) is 10.6. The smallest absolute Gasteiger partial charge is 0.246 e. The molecule has 0 unspecified atom stereocenters. The van der Waals surface area contributed by atoms with Crippen molar-refractivity contribution in [3.63, 3.8) is 0 Å². The summed E-state index contributed by atoms with van der Waals surface area (Å²) in [5.41, 5.74) is 1.92.